The van der Waals surface area contributed by atoms with Crippen LogP contribution in [0.3, 0.4) is 0 Å². The largest absolute Gasteiger partial charge is 0.352 e. The SMILES string of the molecule is CCNC(=O)c1cnc(Nc2ccc3c(c2)CCNC3(C)C)nc1Nc1nc(C2(CF)CC2)cs1. The Bertz CT molecular complexity index is 1250. The van der Waals surface area contributed by atoms with Gasteiger partial charge in [-0.2, -0.15) is 4.98 Å². The summed E-state index contributed by atoms with van der Waals surface area (Å²) in [5, 5.41) is 15.2. The van der Waals surface area contributed by atoms with Crippen molar-refractivity contribution in [2.45, 2.75) is 51.0 Å². The highest BCUT2D eigenvalue weighted by molar-refractivity contribution is 7.13. The van der Waals surface area contributed by atoms with Crippen molar-refractivity contribution in [1.82, 2.24) is 25.6 Å². The lowest BCUT2D eigenvalue weighted by Crippen LogP contribution is -2.42. The lowest BCUT2D eigenvalue weighted by Gasteiger charge is -2.34. The number of hydrogen-bond donors (Lipinski definition) is 4. The molecule has 1 fully saturated rings. The Kier molecular flexibility index (Phi) is 6.18. The van der Waals surface area contributed by atoms with Crippen LogP contribution < -0.4 is 21.3 Å². The predicted molar refractivity (Wildman–Crippen MR) is 137 cm³/mol. The molecule has 4 N–H and O–H groups in total. The summed E-state index contributed by atoms with van der Waals surface area (Å²) >= 11 is 1.38. The molecule has 35 heavy (non-hydrogen) atoms. The Balaban J connectivity index is 1.42. The number of rotatable bonds is 8. The molecule has 0 atom stereocenters. The number of benzene rings is 1. The van der Waals surface area contributed by atoms with Crippen LogP contribution in [-0.4, -0.2) is 40.6 Å². The third-order valence-corrected chi connectivity index (χ3v) is 7.51. The first-order valence-corrected chi connectivity index (χ1v) is 12.8. The molecule has 0 radical (unpaired) electrons. The summed E-state index contributed by atoms with van der Waals surface area (Å²) < 4.78 is 13.5. The molecule has 0 spiro atoms. The number of carbonyl (C=O) groups is 1. The molecule has 2 aromatic heterocycles. The molecule has 1 amide bonds. The number of nitrogens with one attached hydrogen (secondary N) is 4. The molecule has 1 aliphatic heterocycles. The highest BCUT2D eigenvalue weighted by Gasteiger charge is 2.46. The average Bonchev–Trinajstić information content (AvgIpc) is 3.50. The zero-order valence-corrected chi connectivity index (χ0v) is 21.0. The van der Waals surface area contributed by atoms with Crippen LogP contribution in [0.5, 0.6) is 0 Å². The number of halogens is 1. The van der Waals surface area contributed by atoms with Gasteiger partial charge in [0.15, 0.2) is 10.9 Å². The fraction of sp³-hybridized carbons (Fsp3) is 0.440. The van der Waals surface area contributed by atoms with Crippen LogP contribution in [0, 0.1) is 0 Å². The van der Waals surface area contributed by atoms with E-state index in [2.05, 4.69) is 62.2 Å². The highest BCUT2D eigenvalue weighted by Crippen LogP contribution is 2.49. The van der Waals surface area contributed by atoms with Crippen LogP contribution in [-0.2, 0) is 17.4 Å². The fourth-order valence-corrected chi connectivity index (χ4v) is 5.30. The highest BCUT2D eigenvalue weighted by atomic mass is 32.1. The lowest BCUT2D eigenvalue weighted by molar-refractivity contribution is 0.0956. The van der Waals surface area contributed by atoms with Gasteiger partial charge in [0.1, 0.15) is 12.2 Å². The smallest absolute Gasteiger partial charge is 0.256 e. The second kappa shape index (κ2) is 9.16. The molecular weight excluding hydrogens is 465 g/mol. The average molecular weight is 496 g/mol. The minimum atomic E-state index is -0.437. The number of hydrogen-bond acceptors (Lipinski definition) is 8. The van der Waals surface area contributed by atoms with Crippen molar-refractivity contribution >= 4 is 39.8 Å². The Hall–Kier alpha value is -3.11. The van der Waals surface area contributed by atoms with E-state index in [0.29, 0.717) is 29.0 Å². The first-order chi connectivity index (χ1) is 16.8. The van der Waals surface area contributed by atoms with E-state index in [4.69, 9.17) is 0 Å². The van der Waals surface area contributed by atoms with E-state index in [1.54, 1.807) is 0 Å². The molecule has 0 unspecified atom stereocenters. The topological polar surface area (TPSA) is 104 Å². The number of nitrogens with zero attached hydrogens (tertiary/aromatic N) is 3. The van der Waals surface area contributed by atoms with Crippen LogP contribution in [0.2, 0.25) is 0 Å². The normalized spacial score (nSPS) is 17.4. The number of carbonyl (C=O) groups excluding carboxylic acids is 1. The zero-order chi connectivity index (χ0) is 24.6. The van der Waals surface area contributed by atoms with Gasteiger partial charge in [0.2, 0.25) is 5.95 Å². The molecule has 8 nitrogen and oxygen atoms in total. The molecule has 1 aromatic carbocycles. The van der Waals surface area contributed by atoms with Gasteiger partial charge in [0.05, 0.1) is 5.69 Å². The van der Waals surface area contributed by atoms with Gasteiger partial charge >= 0.3 is 0 Å². The minimum Gasteiger partial charge on any atom is -0.352 e. The van der Waals surface area contributed by atoms with Crippen molar-refractivity contribution in [2.75, 3.05) is 30.4 Å². The molecule has 10 heteroatoms. The summed E-state index contributed by atoms with van der Waals surface area (Å²) in [5.41, 5.74) is 4.02. The monoisotopic (exact) mass is 495 g/mol. The third kappa shape index (κ3) is 4.72. The predicted octanol–water partition coefficient (Wildman–Crippen LogP) is 4.55. The van der Waals surface area contributed by atoms with E-state index in [-0.39, 0.29) is 11.4 Å². The first kappa shape index (κ1) is 23.6. The molecule has 0 bridgehead atoms. The van der Waals surface area contributed by atoms with Crippen LogP contribution in [0.4, 0.5) is 27.0 Å². The molecule has 1 aliphatic carbocycles. The van der Waals surface area contributed by atoms with Crippen LogP contribution in [0.15, 0.2) is 29.8 Å². The maximum absolute atomic E-state index is 13.5. The molecule has 0 saturated heterocycles. The number of alkyl halides is 1. The number of amides is 1. The van der Waals surface area contributed by atoms with Crippen LogP contribution in [0.25, 0.3) is 0 Å². The molecule has 3 aromatic rings. The maximum atomic E-state index is 13.5. The fourth-order valence-electron chi connectivity index (χ4n) is 4.47. The van der Waals surface area contributed by atoms with Gasteiger partial charge in [-0.15, -0.1) is 11.3 Å². The van der Waals surface area contributed by atoms with Gasteiger partial charge in [0, 0.05) is 34.8 Å². The van der Waals surface area contributed by atoms with Crippen molar-refractivity contribution in [2.24, 2.45) is 0 Å². The molecule has 2 aliphatic rings. The van der Waals surface area contributed by atoms with E-state index in [0.717, 1.165) is 37.2 Å². The Labute approximate surface area is 208 Å². The third-order valence-electron chi connectivity index (χ3n) is 6.75. The van der Waals surface area contributed by atoms with Gasteiger partial charge in [-0.05, 0) is 69.8 Å². The van der Waals surface area contributed by atoms with Gasteiger partial charge < -0.3 is 21.3 Å². The van der Waals surface area contributed by atoms with E-state index in [1.807, 2.05) is 18.4 Å². The van der Waals surface area contributed by atoms with E-state index < -0.39 is 12.1 Å². The molecule has 5 rings (SSSR count). The summed E-state index contributed by atoms with van der Waals surface area (Å²) in [5.74, 6) is 0.444. The zero-order valence-electron chi connectivity index (χ0n) is 20.2. The summed E-state index contributed by atoms with van der Waals surface area (Å²) in [6, 6.07) is 6.27. The standard InChI is InChI=1S/C25H30FN7OS/c1-4-27-21(34)17-12-28-22(30-16-5-6-18-15(11-16)7-10-29-24(18,2)3)32-20(17)33-23-31-19(13-35-23)25(14-26)8-9-25/h5-6,11-13,29H,4,7-10,14H2,1-3H3,(H,27,34)(H2,28,30,31,32,33). The molecule has 184 valence electrons. The van der Waals surface area contributed by atoms with E-state index >= 15 is 0 Å². The van der Waals surface area contributed by atoms with Gasteiger partial charge in [-0.3, -0.25) is 9.18 Å². The van der Waals surface area contributed by atoms with Gasteiger partial charge in [0.25, 0.3) is 5.91 Å². The van der Waals surface area contributed by atoms with Gasteiger partial charge in [-0.25, -0.2) is 9.97 Å². The van der Waals surface area contributed by atoms with Crippen molar-refractivity contribution < 1.29 is 9.18 Å². The van der Waals surface area contributed by atoms with Crippen molar-refractivity contribution in [1.29, 1.82) is 0 Å². The quantitative estimate of drug-likeness (QED) is 0.363. The van der Waals surface area contributed by atoms with Crippen molar-refractivity contribution in [3.63, 3.8) is 0 Å². The number of aromatic nitrogens is 3. The summed E-state index contributed by atoms with van der Waals surface area (Å²) in [4.78, 5) is 26.2. The number of thiazole rings is 1. The summed E-state index contributed by atoms with van der Waals surface area (Å²) in [6.07, 6.45) is 4.08. The maximum Gasteiger partial charge on any atom is 0.256 e. The number of fused-ring (bicyclic) bond motifs is 1. The van der Waals surface area contributed by atoms with Crippen molar-refractivity contribution in [3.05, 3.63) is 52.2 Å². The first-order valence-electron chi connectivity index (χ1n) is 11.9. The van der Waals surface area contributed by atoms with Gasteiger partial charge in [-0.1, -0.05) is 6.07 Å². The Morgan fingerprint density at radius 1 is 1.23 bits per heavy atom. The molecular formula is C25H30FN7OS. The summed E-state index contributed by atoms with van der Waals surface area (Å²) in [6.45, 7) is 7.22. The van der Waals surface area contributed by atoms with E-state index in [9.17, 15) is 9.18 Å². The summed E-state index contributed by atoms with van der Waals surface area (Å²) in [7, 11) is 0. The molecule has 1 saturated carbocycles. The molecule has 3 heterocycles. The lowest BCUT2D eigenvalue weighted by atomic mass is 9.85. The van der Waals surface area contributed by atoms with Crippen LogP contribution >= 0.6 is 11.3 Å². The second-order valence-electron chi connectivity index (χ2n) is 9.69. The minimum absolute atomic E-state index is 0.0677. The Morgan fingerprint density at radius 3 is 2.80 bits per heavy atom. The second-order valence-corrected chi connectivity index (χ2v) is 10.5. The van der Waals surface area contributed by atoms with E-state index in [1.165, 1.54) is 28.7 Å². The van der Waals surface area contributed by atoms with Crippen LogP contribution in [0.1, 0.15) is 60.8 Å². The van der Waals surface area contributed by atoms with Crippen molar-refractivity contribution in [3.8, 4) is 0 Å². The Morgan fingerprint density at radius 2 is 2.06 bits per heavy atom. The number of anilines is 4.